The van der Waals surface area contributed by atoms with Crippen LogP contribution in [0.15, 0.2) is 93.7 Å². The summed E-state index contributed by atoms with van der Waals surface area (Å²) in [7, 11) is -3.65. The molecule has 5 rings (SSSR count). The Kier molecular flexibility index (Phi) is 7.27. The molecule has 1 saturated carbocycles. The van der Waals surface area contributed by atoms with Crippen LogP contribution in [0.25, 0.3) is 16.6 Å². The molecule has 36 heavy (non-hydrogen) atoms. The molecule has 3 aromatic carbocycles. The van der Waals surface area contributed by atoms with E-state index in [4.69, 9.17) is 4.98 Å². The van der Waals surface area contributed by atoms with Gasteiger partial charge in [-0.05, 0) is 61.2 Å². The lowest BCUT2D eigenvalue weighted by Gasteiger charge is -2.31. The van der Waals surface area contributed by atoms with Gasteiger partial charge in [-0.3, -0.25) is 9.36 Å². The first kappa shape index (κ1) is 24.7. The number of aromatic nitrogens is 2. The molecule has 6 nitrogen and oxygen atoms in total. The Hall–Kier alpha value is -2.94. The summed E-state index contributed by atoms with van der Waals surface area (Å²) < 4.78 is 30.8. The molecule has 8 heteroatoms. The van der Waals surface area contributed by atoms with Crippen LogP contribution in [-0.4, -0.2) is 29.3 Å². The zero-order valence-electron chi connectivity index (χ0n) is 20.1. The van der Waals surface area contributed by atoms with Crippen molar-refractivity contribution in [3.05, 3.63) is 94.8 Å². The summed E-state index contributed by atoms with van der Waals surface area (Å²) >= 11 is 1.49. The van der Waals surface area contributed by atoms with Crippen molar-refractivity contribution in [2.24, 2.45) is 0 Å². The minimum atomic E-state index is -3.65. The molecule has 0 unspecified atom stereocenters. The number of hydrogen-bond donors (Lipinski definition) is 1. The fraction of sp³-hybridized carbons (Fsp3) is 0.286. The third-order valence-corrected chi connectivity index (χ3v) is 9.52. The predicted molar refractivity (Wildman–Crippen MR) is 145 cm³/mol. The average Bonchev–Trinajstić information content (AvgIpc) is 2.90. The van der Waals surface area contributed by atoms with E-state index in [1.165, 1.54) is 17.3 Å². The molecule has 1 N–H and O–H groups in total. The first-order valence-corrected chi connectivity index (χ1v) is 14.7. The van der Waals surface area contributed by atoms with E-state index >= 15 is 0 Å². The van der Waals surface area contributed by atoms with Crippen molar-refractivity contribution in [3.8, 4) is 5.69 Å². The zero-order chi connectivity index (χ0) is 25.1. The standard InChI is InChI=1S/C28H29N3O3S2/c1-2-20-16-18-21(19-17-20)31-27(32)23-12-6-7-13-24(23)29-28(31)35-26-15-9-8-14-25(26)30-36(33,34)22-10-4-3-5-11-22/h3-7,10-13,16-19,25-26,30H,2,8-9,14-15H2,1H3/t25-,26+/m1/s1. The monoisotopic (exact) mass is 519 g/mol. The van der Waals surface area contributed by atoms with Gasteiger partial charge in [-0.1, -0.05) is 74.0 Å². The maximum atomic E-state index is 13.6. The number of thioether (sulfide) groups is 1. The summed E-state index contributed by atoms with van der Waals surface area (Å²) in [6, 6.07) is 23.6. The van der Waals surface area contributed by atoms with Crippen molar-refractivity contribution in [1.29, 1.82) is 0 Å². The van der Waals surface area contributed by atoms with Gasteiger partial charge >= 0.3 is 0 Å². The molecule has 1 fully saturated rings. The lowest BCUT2D eigenvalue weighted by molar-refractivity contribution is 0.422. The van der Waals surface area contributed by atoms with Crippen molar-refractivity contribution < 1.29 is 8.42 Å². The zero-order valence-corrected chi connectivity index (χ0v) is 21.8. The molecule has 2 atom stereocenters. The number of rotatable bonds is 7. The topological polar surface area (TPSA) is 81.1 Å². The molecule has 0 aliphatic heterocycles. The highest BCUT2D eigenvalue weighted by Crippen LogP contribution is 2.35. The second kappa shape index (κ2) is 10.6. The number of nitrogens with one attached hydrogen (secondary N) is 1. The number of para-hydroxylation sites is 1. The molecule has 1 aliphatic rings. The molecule has 0 spiro atoms. The van der Waals surface area contributed by atoms with E-state index in [0.29, 0.717) is 16.1 Å². The number of fused-ring (bicyclic) bond motifs is 1. The maximum absolute atomic E-state index is 13.6. The van der Waals surface area contributed by atoms with Crippen molar-refractivity contribution in [2.75, 3.05) is 0 Å². The SMILES string of the molecule is CCc1ccc(-n2c(S[C@H]3CCCC[C@H]3NS(=O)(=O)c3ccccc3)nc3ccccc3c2=O)cc1. The quantitative estimate of drug-likeness (QED) is 0.334. The molecule has 186 valence electrons. The molecular weight excluding hydrogens is 490 g/mol. The van der Waals surface area contributed by atoms with Crippen LogP contribution in [0.5, 0.6) is 0 Å². The lowest BCUT2D eigenvalue weighted by Crippen LogP contribution is -2.44. The molecule has 0 saturated heterocycles. The van der Waals surface area contributed by atoms with Crippen LogP contribution in [0.2, 0.25) is 0 Å². The first-order chi connectivity index (χ1) is 17.5. The van der Waals surface area contributed by atoms with Gasteiger partial charge in [0.15, 0.2) is 5.16 Å². The summed E-state index contributed by atoms with van der Waals surface area (Å²) in [5, 5.41) is 1.09. The van der Waals surface area contributed by atoms with Gasteiger partial charge in [0.25, 0.3) is 5.56 Å². The summed E-state index contributed by atoms with van der Waals surface area (Å²) in [6.07, 6.45) is 4.45. The molecule has 1 heterocycles. The molecule has 0 amide bonds. The normalized spacial score (nSPS) is 18.4. The van der Waals surface area contributed by atoms with Crippen molar-refractivity contribution in [3.63, 3.8) is 0 Å². The second-order valence-corrected chi connectivity index (χ2v) is 12.0. The Morgan fingerprint density at radius 3 is 2.39 bits per heavy atom. The van der Waals surface area contributed by atoms with E-state index in [2.05, 4.69) is 11.6 Å². The largest absolute Gasteiger partial charge is 0.268 e. The third-order valence-electron chi connectivity index (χ3n) is 6.67. The molecular formula is C28H29N3O3S2. The molecule has 1 aromatic heterocycles. The van der Waals surface area contributed by atoms with Crippen molar-refractivity contribution in [1.82, 2.24) is 14.3 Å². The summed E-state index contributed by atoms with van der Waals surface area (Å²) in [4.78, 5) is 18.8. The number of aryl methyl sites for hydroxylation is 1. The van der Waals surface area contributed by atoms with Crippen LogP contribution in [0, 0.1) is 0 Å². The van der Waals surface area contributed by atoms with Gasteiger partial charge in [-0.2, -0.15) is 0 Å². The summed E-state index contributed by atoms with van der Waals surface area (Å²) in [5.41, 5.74) is 2.47. The van der Waals surface area contributed by atoms with Gasteiger partial charge in [0, 0.05) is 11.3 Å². The predicted octanol–water partition coefficient (Wildman–Crippen LogP) is 5.33. The number of sulfonamides is 1. The van der Waals surface area contributed by atoms with Gasteiger partial charge in [-0.15, -0.1) is 0 Å². The van der Waals surface area contributed by atoms with Crippen LogP contribution >= 0.6 is 11.8 Å². The molecule has 0 bridgehead atoms. The fourth-order valence-corrected chi connectivity index (χ4v) is 7.46. The van der Waals surface area contributed by atoms with Crippen molar-refractivity contribution >= 4 is 32.7 Å². The fourth-order valence-electron chi connectivity index (χ4n) is 4.67. The summed E-state index contributed by atoms with van der Waals surface area (Å²) in [5.74, 6) is 0. The van der Waals surface area contributed by atoms with E-state index in [-0.39, 0.29) is 21.7 Å². The number of nitrogens with zero attached hydrogens (tertiary/aromatic N) is 2. The Morgan fingerprint density at radius 2 is 1.64 bits per heavy atom. The van der Waals surface area contributed by atoms with Crippen LogP contribution in [-0.2, 0) is 16.4 Å². The van der Waals surface area contributed by atoms with E-state index in [0.717, 1.165) is 37.8 Å². The van der Waals surface area contributed by atoms with E-state index in [9.17, 15) is 13.2 Å². The Labute approximate surface area is 215 Å². The molecule has 0 radical (unpaired) electrons. The average molecular weight is 520 g/mol. The minimum absolute atomic E-state index is 0.0496. The Morgan fingerprint density at radius 1 is 0.944 bits per heavy atom. The lowest BCUT2D eigenvalue weighted by atomic mass is 9.96. The van der Waals surface area contributed by atoms with Gasteiger partial charge < -0.3 is 0 Å². The van der Waals surface area contributed by atoms with E-state index in [1.54, 1.807) is 41.0 Å². The Balaban J connectivity index is 1.53. The number of hydrogen-bond acceptors (Lipinski definition) is 5. The molecule has 4 aromatic rings. The van der Waals surface area contributed by atoms with Crippen LogP contribution < -0.4 is 10.3 Å². The highest BCUT2D eigenvalue weighted by Gasteiger charge is 2.31. The highest BCUT2D eigenvalue weighted by molar-refractivity contribution is 7.99. The maximum Gasteiger partial charge on any atom is 0.266 e. The van der Waals surface area contributed by atoms with Crippen LogP contribution in [0.4, 0.5) is 0 Å². The smallest absolute Gasteiger partial charge is 0.266 e. The molecule has 1 aliphatic carbocycles. The van der Waals surface area contributed by atoms with Gasteiger partial charge in [-0.25, -0.2) is 18.1 Å². The third kappa shape index (κ3) is 5.12. The van der Waals surface area contributed by atoms with Gasteiger partial charge in [0.2, 0.25) is 10.0 Å². The van der Waals surface area contributed by atoms with Crippen LogP contribution in [0.3, 0.4) is 0 Å². The van der Waals surface area contributed by atoms with Crippen LogP contribution in [0.1, 0.15) is 38.2 Å². The van der Waals surface area contributed by atoms with E-state index < -0.39 is 10.0 Å². The van der Waals surface area contributed by atoms with Gasteiger partial charge in [0.1, 0.15) is 0 Å². The van der Waals surface area contributed by atoms with Gasteiger partial charge in [0.05, 0.1) is 21.5 Å². The summed E-state index contributed by atoms with van der Waals surface area (Å²) in [6.45, 7) is 2.10. The van der Waals surface area contributed by atoms with Crippen molar-refractivity contribution in [2.45, 2.75) is 60.4 Å². The second-order valence-electron chi connectivity index (χ2n) is 9.05. The minimum Gasteiger partial charge on any atom is -0.268 e. The highest BCUT2D eigenvalue weighted by atomic mass is 32.2. The Bertz CT molecular complexity index is 1520. The number of benzene rings is 3. The van der Waals surface area contributed by atoms with E-state index in [1.807, 2.05) is 42.5 Å². The first-order valence-electron chi connectivity index (χ1n) is 12.3.